The number of anilines is 1. The van der Waals surface area contributed by atoms with E-state index in [-0.39, 0.29) is 11.7 Å². The quantitative estimate of drug-likeness (QED) is 0.830. The number of primary amides is 1. The number of thioether (sulfide) groups is 1. The van der Waals surface area contributed by atoms with Gasteiger partial charge < -0.3 is 5.73 Å². The van der Waals surface area contributed by atoms with Gasteiger partial charge in [-0.3, -0.25) is 14.9 Å². The van der Waals surface area contributed by atoms with Gasteiger partial charge in [-0.1, -0.05) is 12.1 Å². The number of benzene rings is 1. The Morgan fingerprint density at radius 1 is 1.40 bits per heavy atom. The van der Waals surface area contributed by atoms with Crippen molar-refractivity contribution < 1.29 is 9.59 Å². The monoisotopic (exact) mass is 307 g/mol. The zero-order chi connectivity index (χ0) is 14.5. The summed E-state index contributed by atoms with van der Waals surface area (Å²) in [7, 11) is 0. The number of carbonyl (C=O) groups excluding carboxylic acids is 2. The van der Waals surface area contributed by atoms with Crippen LogP contribution in [0.2, 0.25) is 0 Å². The van der Waals surface area contributed by atoms with Gasteiger partial charge in [0.05, 0.1) is 11.3 Å². The van der Waals surface area contributed by atoms with E-state index in [9.17, 15) is 9.59 Å². The van der Waals surface area contributed by atoms with E-state index in [0.29, 0.717) is 10.7 Å². The lowest BCUT2D eigenvalue weighted by Gasteiger charge is -2.07. The molecule has 20 heavy (non-hydrogen) atoms. The van der Waals surface area contributed by atoms with E-state index in [2.05, 4.69) is 10.3 Å². The molecule has 2 rings (SSSR count). The number of thiazole rings is 1. The number of rotatable bonds is 5. The summed E-state index contributed by atoms with van der Waals surface area (Å²) in [5.74, 6) is -0.520. The smallest absolute Gasteiger partial charge is 0.258 e. The molecule has 1 heterocycles. The van der Waals surface area contributed by atoms with E-state index in [4.69, 9.17) is 5.73 Å². The van der Waals surface area contributed by atoms with Crippen LogP contribution >= 0.6 is 23.1 Å². The summed E-state index contributed by atoms with van der Waals surface area (Å²) in [5.41, 5.74) is 5.63. The van der Waals surface area contributed by atoms with Crippen LogP contribution in [0.4, 0.5) is 5.13 Å². The summed E-state index contributed by atoms with van der Waals surface area (Å²) in [5, 5.41) is 3.30. The summed E-state index contributed by atoms with van der Waals surface area (Å²) < 4.78 is 0. The van der Waals surface area contributed by atoms with Crippen LogP contribution in [-0.2, 0) is 4.79 Å². The number of hydrogen-bond donors (Lipinski definition) is 2. The number of aryl methyl sites for hydroxylation is 1. The summed E-state index contributed by atoms with van der Waals surface area (Å²) >= 11 is 2.66. The average Bonchev–Trinajstić information content (AvgIpc) is 2.82. The van der Waals surface area contributed by atoms with Gasteiger partial charge in [0.1, 0.15) is 0 Å². The van der Waals surface area contributed by atoms with Gasteiger partial charge in [-0.15, -0.1) is 23.1 Å². The number of hydrogen-bond acceptors (Lipinski definition) is 5. The largest absolute Gasteiger partial charge is 0.369 e. The maximum absolute atomic E-state index is 12.2. The standard InChI is InChI=1S/C13H13N3O2S2/c1-8-6-15-13(20-8)16-12(18)9-4-2-3-5-10(9)19-7-11(14)17/h2-6H,7H2,1H3,(H2,14,17)(H,15,16,18). The summed E-state index contributed by atoms with van der Waals surface area (Å²) in [6.45, 7) is 1.92. The molecule has 0 aliphatic rings. The molecule has 0 aliphatic heterocycles. The van der Waals surface area contributed by atoms with Crippen LogP contribution in [0.5, 0.6) is 0 Å². The first-order valence-electron chi connectivity index (χ1n) is 5.80. The molecule has 104 valence electrons. The van der Waals surface area contributed by atoms with Crippen molar-refractivity contribution >= 4 is 40.0 Å². The molecule has 0 aliphatic carbocycles. The Hall–Kier alpha value is -1.86. The van der Waals surface area contributed by atoms with Crippen LogP contribution in [0, 0.1) is 6.92 Å². The summed E-state index contributed by atoms with van der Waals surface area (Å²) in [4.78, 5) is 28.9. The molecule has 2 aromatic rings. The third-order valence-corrected chi connectivity index (χ3v) is 4.27. The molecule has 0 fully saturated rings. The van der Waals surface area contributed by atoms with Crippen molar-refractivity contribution in [2.75, 3.05) is 11.1 Å². The van der Waals surface area contributed by atoms with Crippen LogP contribution < -0.4 is 11.1 Å². The van der Waals surface area contributed by atoms with E-state index >= 15 is 0 Å². The second-order valence-electron chi connectivity index (χ2n) is 3.98. The third kappa shape index (κ3) is 3.82. The second-order valence-corrected chi connectivity index (χ2v) is 6.23. The fraction of sp³-hybridized carbons (Fsp3) is 0.154. The van der Waals surface area contributed by atoms with Crippen molar-refractivity contribution in [3.05, 3.63) is 40.9 Å². The number of aromatic nitrogens is 1. The Morgan fingerprint density at radius 3 is 2.80 bits per heavy atom. The molecule has 5 nitrogen and oxygen atoms in total. The zero-order valence-corrected chi connectivity index (χ0v) is 12.4. The first-order valence-corrected chi connectivity index (χ1v) is 7.60. The topological polar surface area (TPSA) is 85.1 Å². The van der Waals surface area contributed by atoms with Gasteiger partial charge in [0.2, 0.25) is 5.91 Å². The highest BCUT2D eigenvalue weighted by Gasteiger charge is 2.13. The molecular formula is C13H13N3O2S2. The number of carbonyl (C=O) groups is 2. The van der Waals surface area contributed by atoms with E-state index in [1.165, 1.54) is 23.1 Å². The van der Waals surface area contributed by atoms with Crippen molar-refractivity contribution in [3.8, 4) is 0 Å². The average molecular weight is 307 g/mol. The van der Waals surface area contributed by atoms with Gasteiger partial charge in [0, 0.05) is 16.0 Å². The summed E-state index contributed by atoms with van der Waals surface area (Å²) in [6.07, 6.45) is 1.70. The lowest BCUT2D eigenvalue weighted by Crippen LogP contribution is -2.15. The number of nitrogens with zero attached hydrogens (tertiary/aromatic N) is 1. The lowest BCUT2D eigenvalue weighted by molar-refractivity contribution is -0.115. The van der Waals surface area contributed by atoms with Gasteiger partial charge in [-0.25, -0.2) is 4.98 Å². The van der Waals surface area contributed by atoms with E-state index in [0.717, 1.165) is 9.77 Å². The molecule has 2 amide bonds. The SMILES string of the molecule is Cc1cnc(NC(=O)c2ccccc2SCC(N)=O)s1. The number of nitrogens with one attached hydrogen (secondary N) is 1. The van der Waals surface area contributed by atoms with E-state index in [1.54, 1.807) is 24.4 Å². The van der Waals surface area contributed by atoms with Crippen molar-refractivity contribution in [1.29, 1.82) is 0 Å². The van der Waals surface area contributed by atoms with Gasteiger partial charge >= 0.3 is 0 Å². The molecule has 0 unspecified atom stereocenters. The minimum Gasteiger partial charge on any atom is -0.369 e. The Bertz CT molecular complexity index is 640. The molecule has 1 aromatic heterocycles. The molecule has 1 aromatic carbocycles. The van der Waals surface area contributed by atoms with Gasteiger partial charge in [0.15, 0.2) is 5.13 Å². The molecular weight excluding hydrogens is 294 g/mol. The van der Waals surface area contributed by atoms with Crippen LogP contribution in [-0.4, -0.2) is 22.6 Å². The fourth-order valence-corrected chi connectivity index (χ4v) is 2.95. The molecule has 0 atom stereocenters. The minimum atomic E-state index is -0.416. The third-order valence-electron chi connectivity index (χ3n) is 2.34. The first-order chi connectivity index (χ1) is 9.56. The highest BCUT2D eigenvalue weighted by molar-refractivity contribution is 8.00. The fourth-order valence-electron chi connectivity index (χ4n) is 1.51. The van der Waals surface area contributed by atoms with Crippen molar-refractivity contribution in [2.45, 2.75) is 11.8 Å². The van der Waals surface area contributed by atoms with Gasteiger partial charge in [-0.2, -0.15) is 0 Å². The Kier molecular flexibility index (Phi) is 4.75. The van der Waals surface area contributed by atoms with Crippen LogP contribution in [0.1, 0.15) is 15.2 Å². The minimum absolute atomic E-state index is 0.140. The maximum atomic E-state index is 12.2. The second kappa shape index (κ2) is 6.53. The number of nitrogens with two attached hydrogens (primary N) is 1. The van der Waals surface area contributed by atoms with Gasteiger partial charge in [0.25, 0.3) is 5.91 Å². The van der Waals surface area contributed by atoms with Crippen molar-refractivity contribution in [2.24, 2.45) is 5.73 Å². The van der Waals surface area contributed by atoms with Crippen molar-refractivity contribution in [1.82, 2.24) is 4.98 Å². The highest BCUT2D eigenvalue weighted by atomic mass is 32.2. The summed E-state index contributed by atoms with van der Waals surface area (Å²) in [6, 6.07) is 7.08. The predicted octanol–water partition coefficient (Wildman–Crippen LogP) is 2.28. The Balaban J connectivity index is 2.14. The first kappa shape index (κ1) is 14.5. The highest BCUT2D eigenvalue weighted by Crippen LogP contribution is 2.24. The van der Waals surface area contributed by atoms with Gasteiger partial charge in [-0.05, 0) is 19.1 Å². The normalized spacial score (nSPS) is 10.2. The van der Waals surface area contributed by atoms with Crippen LogP contribution in [0.3, 0.4) is 0 Å². The van der Waals surface area contributed by atoms with E-state index < -0.39 is 5.91 Å². The Labute approximate surface area is 124 Å². The zero-order valence-electron chi connectivity index (χ0n) is 10.8. The maximum Gasteiger partial charge on any atom is 0.258 e. The van der Waals surface area contributed by atoms with Crippen molar-refractivity contribution in [3.63, 3.8) is 0 Å². The molecule has 0 bridgehead atoms. The van der Waals surface area contributed by atoms with Crippen LogP contribution in [0.25, 0.3) is 0 Å². The molecule has 0 spiro atoms. The molecule has 0 saturated heterocycles. The van der Waals surface area contributed by atoms with Crippen LogP contribution in [0.15, 0.2) is 35.4 Å². The molecule has 7 heteroatoms. The molecule has 3 N–H and O–H groups in total. The predicted molar refractivity (Wildman–Crippen MR) is 81.2 cm³/mol. The molecule has 0 saturated carbocycles. The lowest BCUT2D eigenvalue weighted by atomic mass is 10.2. The van der Waals surface area contributed by atoms with E-state index in [1.807, 2.05) is 13.0 Å². The Morgan fingerprint density at radius 2 is 2.15 bits per heavy atom. The number of amides is 2. The molecule has 0 radical (unpaired) electrons.